The minimum absolute atomic E-state index is 0.0409. The number of ether oxygens (including phenoxy) is 1. The standard InChI is InChI=1S/C33H37N3O6S/c1-42-27-16-10-13-25(21-27)23-35(31(37)19-20-36-33(39)28-17-8-9-18-30(28)43(36,40)41)29(22-24-11-4-2-5-12-24)32(38)34-26-14-6-3-7-15-26/h2,4-5,8-13,16-18,21,26,29H,3,6-7,14-15,19-20,22-23H2,1H3,(H,34,38)/t29-/m1/s1. The van der Waals surface area contributed by atoms with Crippen LogP contribution in [0.25, 0.3) is 0 Å². The summed E-state index contributed by atoms with van der Waals surface area (Å²) in [5.74, 6) is -0.716. The summed E-state index contributed by atoms with van der Waals surface area (Å²) < 4.78 is 32.4. The highest BCUT2D eigenvalue weighted by Gasteiger charge is 2.41. The Morgan fingerprint density at radius 1 is 0.953 bits per heavy atom. The summed E-state index contributed by atoms with van der Waals surface area (Å²) in [5.41, 5.74) is 1.74. The van der Waals surface area contributed by atoms with Gasteiger partial charge in [-0.3, -0.25) is 14.4 Å². The zero-order valence-electron chi connectivity index (χ0n) is 24.3. The van der Waals surface area contributed by atoms with Crippen LogP contribution in [0.2, 0.25) is 0 Å². The molecule has 0 unspecified atom stereocenters. The molecule has 1 N–H and O–H groups in total. The Kier molecular flexibility index (Phi) is 9.45. The van der Waals surface area contributed by atoms with Crippen LogP contribution in [0.1, 0.15) is 60.0 Å². The van der Waals surface area contributed by atoms with Crippen molar-refractivity contribution in [2.45, 2.75) is 68.5 Å². The molecule has 3 amide bonds. The number of hydrogen-bond donors (Lipinski definition) is 1. The van der Waals surface area contributed by atoms with E-state index in [-0.39, 0.29) is 48.3 Å². The van der Waals surface area contributed by atoms with Gasteiger partial charge in [-0.15, -0.1) is 0 Å². The number of hydrogen-bond acceptors (Lipinski definition) is 6. The third-order valence-corrected chi connectivity index (χ3v) is 9.99. The quantitative estimate of drug-likeness (QED) is 0.349. The summed E-state index contributed by atoms with van der Waals surface area (Å²) >= 11 is 0. The molecule has 10 heteroatoms. The van der Waals surface area contributed by atoms with Gasteiger partial charge in [0.1, 0.15) is 16.7 Å². The first-order valence-electron chi connectivity index (χ1n) is 14.7. The average molecular weight is 604 g/mol. The van der Waals surface area contributed by atoms with Crippen LogP contribution in [0.3, 0.4) is 0 Å². The highest BCUT2D eigenvalue weighted by atomic mass is 32.2. The third-order valence-electron chi connectivity index (χ3n) is 8.15. The van der Waals surface area contributed by atoms with Crippen molar-refractivity contribution in [2.75, 3.05) is 13.7 Å². The van der Waals surface area contributed by atoms with Crippen molar-refractivity contribution < 1.29 is 27.5 Å². The van der Waals surface area contributed by atoms with Gasteiger partial charge in [-0.05, 0) is 48.2 Å². The molecule has 1 heterocycles. The molecule has 0 radical (unpaired) electrons. The molecule has 1 atom stereocenters. The van der Waals surface area contributed by atoms with Gasteiger partial charge in [-0.1, -0.05) is 73.9 Å². The summed E-state index contributed by atoms with van der Waals surface area (Å²) in [5, 5.41) is 3.19. The van der Waals surface area contributed by atoms with Crippen LogP contribution in [0.4, 0.5) is 0 Å². The lowest BCUT2D eigenvalue weighted by molar-refractivity contribution is -0.141. The first-order valence-corrected chi connectivity index (χ1v) is 16.1. The Labute approximate surface area is 252 Å². The molecule has 2 aliphatic rings. The molecule has 1 saturated carbocycles. The summed E-state index contributed by atoms with van der Waals surface area (Å²) in [6.07, 6.45) is 5.02. The molecule has 1 aliphatic heterocycles. The maximum Gasteiger partial charge on any atom is 0.269 e. The van der Waals surface area contributed by atoms with Crippen LogP contribution >= 0.6 is 0 Å². The zero-order valence-corrected chi connectivity index (χ0v) is 25.1. The Balaban J connectivity index is 1.44. The molecule has 0 saturated heterocycles. The van der Waals surface area contributed by atoms with Crippen LogP contribution in [-0.4, -0.2) is 61.1 Å². The number of methoxy groups -OCH3 is 1. The maximum absolute atomic E-state index is 14.1. The molecule has 5 rings (SSSR count). The van der Waals surface area contributed by atoms with Crippen LogP contribution in [0, 0.1) is 0 Å². The fraction of sp³-hybridized carbons (Fsp3) is 0.364. The molecule has 0 bridgehead atoms. The topological polar surface area (TPSA) is 113 Å². The van der Waals surface area contributed by atoms with E-state index in [0.29, 0.717) is 5.75 Å². The van der Waals surface area contributed by atoms with Gasteiger partial charge in [0.2, 0.25) is 11.8 Å². The normalized spacial score (nSPS) is 16.8. The molecule has 226 valence electrons. The maximum atomic E-state index is 14.1. The van der Waals surface area contributed by atoms with E-state index in [1.807, 2.05) is 48.5 Å². The summed E-state index contributed by atoms with van der Waals surface area (Å²) in [4.78, 5) is 42.5. The van der Waals surface area contributed by atoms with Gasteiger partial charge >= 0.3 is 0 Å². The lowest BCUT2D eigenvalue weighted by Crippen LogP contribution is -2.53. The van der Waals surface area contributed by atoms with Crippen molar-refractivity contribution in [1.29, 1.82) is 0 Å². The number of fused-ring (bicyclic) bond motifs is 1. The predicted octanol–water partition coefficient (Wildman–Crippen LogP) is 4.32. The van der Waals surface area contributed by atoms with Crippen LogP contribution in [0.5, 0.6) is 5.75 Å². The molecule has 3 aromatic rings. The van der Waals surface area contributed by atoms with Crippen molar-refractivity contribution in [2.24, 2.45) is 0 Å². The SMILES string of the molecule is COc1cccc(CN(C(=O)CCN2C(=O)c3ccccc3S2(=O)=O)[C@H](Cc2ccccc2)C(=O)NC2CCCCC2)c1. The van der Waals surface area contributed by atoms with Gasteiger partial charge in [0.15, 0.2) is 0 Å². The van der Waals surface area contributed by atoms with E-state index in [2.05, 4.69) is 5.32 Å². The smallest absolute Gasteiger partial charge is 0.269 e. The summed E-state index contributed by atoms with van der Waals surface area (Å²) in [6.45, 7) is -0.224. The monoisotopic (exact) mass is 603 g/mol. The minimum Gasteiger partial charge on any atom is -0.497 e. The fourth-order valence-electron chi connectivity index (χ4n) is 5.86. The Bertz CT molecular complexity index is 1570. The van der Waals surface area contributed by atoms with Gasteiger partial charge in [-0.2, -0.15) is 0 Å². The van der Waals surface area contributed by atoms with Crippen molar-refractivity contribution in [1.82, 2.24) is 14.5 Å². The van der Waals surface area contributed by atoms with E-state index in [0.717, 1.165) is 47.5 Å². The van der Waals surface area contributed by atoms with Gasteiger partial charge in [0.05, 0.1) is 12.7 Å². The van der Waals surface area contributed by atoms with Crippen LogP contribution < -0.4 is 10.1 Å². The van der Waals surface area contributed by atoms with Gasteiger partial charge in [-0.25, -0.2) is 12.7 Å². The Morgan fingerprint density at radius 3 is 2.37 bits per heavy atom. The van der Waals surface area contributed by atoms with Crippen molar-refractivity contribution in [3.8, 4) is 5.75 Å². The van der Waals surface area contributed by atoms with Crippen LogP contribution in [-0.2, 0) is 32.6 Å². The fourth-order valence-corrected chi connectivity index (χ4v) is 7.43. The average Bonchev–Trinajstić information content (AvgIpc) is 3.22. The molecule has 0 spiro atoms. The number of benzene rings is 3. The van der Waals surface area contributed by atoms with E-state index < -0.39 is 27.9 Å². The minimum atomic E-state index is -4.07. The number of nitrogens with one attached hydrogen (secondary N) is 1. The van der Waals surface area contributed by atoms with Crippen molar-refractivity contribution in [3.63, 3.8) is 0 Å². The second kappa shape index (κ2) is 13.4. The first kappa shape index (κ1) is 30.3. The van der Waals surface area contributed by atoms with Crippen LogP contribution in [0.15, 0.2) is 83.8 Å². The number of amides is 3. The molecule has 1 aliphatic carbocycles. The van der Waals surface area contributed by atoms with E-state index >= 15 is 0 Å². The number of carbonyl (C=O) groups is 3. The highest BCUT2D eigenvalue weighted by molar-refractivity contribution is 7.90. The molecule has 0 aromatic heterocycles. The lowest BCUT2D eigenvalue weighted by Gasteiger charge is -2.34. The summed E-state index contributed by atoms with van der Waals surface area (Å²) in [7, 11) is -2.51. The number of carbonyl (C=O) groups excluding carboxylic acids is 3. The predicted molar refractivity (Wildman–Crippen MR) is 162 cm³/mol. The van der Waals surface area contributed by atoms with Crippen molar-refractivity contribution >= 4 is 27.7 Å². The van der Waals surface area contributed by atoms with Gasteiger partial charge in [0, 0.05) is 32.0 Å². The summed E-state index contributed by atoms with van der Waals surface area (Å²) in [6, 6.07) is 22.0. The molecular formula is C33H37N3O6S. The second-order valence-electron chi connectivity index (χ2n) is 11.1. The van der Waals surface area contributed by atoms with Gasteiger partial charge in [0.25, 0.3) is 15.9 Å². The van der Waals surface area contributed by atoms with Gasteiger partial charge < -0.3 is 15.0 Å². The molecule has 9 nitrogen and oxygen atoms in total. The largest absolute Gasteiger partial charge is 0.497 e. The number of nitrogens with zero attached hydrogens (tertiary/aromatic N) is 2. The molecule has 43 heavy (non-hydrogen) atoms. The first-order chi connectivity index (χ1) is 20.8. The number of sulfonamides is 1. The molecule has 1 fully saturated rings. The number of rotatable bonds is 11. The van der Waals surface area contributed by atoms with E-state index in [1.165, 1.54) is 17.0 Å². The Hall–Kier alpha value is -4.18. The zero-order chi connectivity index (χ0) is 30.4. The van der Waals surface area contributed by atoms with Crippen molar-refractivity contribution in [3.05, 3.63) is 95.6 Å². The lowest BCUT2D eigenvalue weighted by atomic mass is 9.94. The molecule has 3 aromatic carbocycles. The van der Waals surface area contributed by atoms with E-state index in [9.17, 15) is 22.8 Å². The highest BCUT2D eigenvalue weighted by Crippen LogP contribution is 2.30. The molecular weight excluding hydrogens is 566 g/mol. The third kappa shape index (κ3) is 6.91. The Morgan fingerprint density at radius 2 is 1.65 bits per heavy atom. The van der Waals surface area contributed by atoms with E-state index in [4.69, 9.17) is 4.74 Å². The second-order valence-corrected chi connectivity index (χ2v) is 12.9. The van der Waals surface area contributed by atoms with E-state index in [1.54, 1.807) is 25.3 Å².